The predicted molar refractivity (Wildman–Crippen MR) is 117 cm³/mol. The van der Waals surface area contributed by atoms with E-state index in [1.54, 1.807) is 23.1 Å². The smallest absolute Gasteiger partial charge is 0.260 e. The van der Waals surface area contributed by atoms with Crippen LogP contribution in [0.2, 0.25) is 5.02 Å². The molecule has 156 valence electrons. The lowest BCUT2D eigenvalue weighted by Crippen LogP contribution is -2.37. The lowest BCUT2D eigenvalue weighted by Gasteiger charge is -2.24. The molecule has 1 amide bonds. The number of aryl methyl sites for hydroxylation is 1. The molecule has 2 aromatic carbocycles. The second kappa shape index (κ2) is 8.06. The molecule has 3 heterocycles. The van der Waals surface area contributed by atoms with Crippen molar-refractivity contribution in [2.75, 3.05) is 31.3 Å². The number of aromatic nitrogens is 1. The van der Waals surface area contributed by atoms with Gasteiger partial charge in [-0.25, -0.2) is 4.98 Å². The van der Waals surface area contributed by atoms with E-state index in [2.05, 4.69) is 0 Å². The molecule has 3 aromatic rings. The van der Waals surface area contributed by atoms with Gasteiger partial charge in [-0.05, 0) is 55.7 Å². The van der Waals surface area contributed by atoms with Crippen molar-refractivity contribution in [3.63, 3.8) is 0 Å². The first kappa shape index (κ1) is 19.6. The van der Waals surface area contributed by atoms with Gasteiger partial charge in [0.25, 0.3) is 5.91 Å². The molecule has 0 N–H and O–H groups in total. The summed E-state index contributed by atoms with van der Waals surface area (Å²) in [4.78, 5) is 20.1. The molecular formula is C22H21ClN2O4S. The van der Waals surface area contributed by atoms with Gasteiger partial charge in [0.15, 0.2) is 16.6 Å². The first-order valence-electron chi connectivity index (χ1n) is 9.99. The number of carbonyl (C=O) groups is 1. The molecule has 1 unspecified atom stereocenters. The maximum Gasteiger partial charge on any atom is 0.260 e. The number of halogens is 1. The Labute approximate surface area is 183 Å². The van der Waals surface area contributed by atoms with Crippen molar-refractivity contribution in [1.29, 1.82) is 0 Å². The fourth-order valence-corrected chi connectivity index (χ4v) is 4.96. The van der Waals surface area contributed by atoms with Gasteiger partial charge in [0.05, 0.1) is 22.9 Å². The Kier molecular flexibility index (Phi) is 5.26. The minimum absolute atomic E-state index is 0.00265. The SMILES string of the molecule is Cc1c(Cl)ccc2sc(N(CC3CCCO3)C(=O)c3ccc4c(c3)OCCO4)nc12. The summed E-state index contributed by atoms with van der Waals surface area (Å²) in [7, 11) is 0. The van der Waals surface area contributed by atoms with Crippen LogP contribution in [0.15, 0.2) is 30.3 Å². The van der Waals surface area contributed by atoms with Gasteiger partial charge in [-0.2, -0.15) is 0 Å². The number of nitrogens with zero attached hydrogens (tertiary/aromatic N) is 2. The van der Waals surface area contributed by atoms with Crippen molar-refractivity contribution in [3.05, 3.63) is 46.5 Å². The number of hydrogen-bond donors (Lipinski definition) is 0. The molecule has 5 rings (SSSR count). The van der Waals surface area contributed by atoms with Crippen LogP contribution in [0.4, 0.5) is 5.13 Å². The van der Waals surface area contributed by atoms with Crippen LogP contribution in [-0.4, -0.2) is 43.4 Å². The molecule has 1 aromatic heterocycles. The molecule has 1 saturated heterocycles. The van der Waals surface area contributed by atoms with Gasteiger partial charge >= 0.3 is 0 Å². The molecule has 0 aliphatic carbocycles. The van der Waals surface area contributed by atoms with E-state index in [9.17, 15) is 4.79 Å². The van der Waals surface area contributed by atoms with Crippen LogP contribution in [0.5, 0.6) is 11.5 Å². The lowest BCUT2D eigenvalue weighted by atomic mass is 10.1. The van der Waals surface area contributed by atoms with Crippen LogP contribution >= 0.6 is 22.9 Å². The maximum absolute atomic E-state index is 13.6. The van der Waals surface area contributed by atoms with Crippen LogP contribution in [0.3, 0.4) is 0 Å². The Hall–Kier alpha value is -2.35. The maximum atomic E-state index is 13.6. The number of amides is 1. The predicted octanol–water partition coefficient (Wildman–Crippen LogP) is 4.86. The summed E-state index contributed by atoms with van der Waals surface area (Å²) in [6.07, 6.45) is 1.94. The van der Waals surface area contributed by atoms with E-state index in [4.69, 9.17) is 30.8 Å². The molecule has 1 fully saturated rings. The van der Waals surface area contributed by atoms with Crippen molar-refractivity contribution in [2.45, 2.75) is 25.9 Å². The molecule has 1 atom stereocenters. The zero-order chi connectivity index (χ0) is 20.7. The summed E-state index contributed by atoms with van der Waals surface area (Å²) in [6, 6.07) is 9.12. The van der Waals surface area contributed by atoms with Crippen molar-refractivity contribution in [1.82, 2.24) is 4.98 Å². The largest absolute Gasteiger partial charge is 0.486 e. The van der Waals surface area contributed by atoms with Crippen LogP contribution in [-0.2, 0) is 4.74 Å². The standard InChI is InChI=1S/C22H21ClN2O4S/c1-13-16(23)5-7-19-20(13)24-22(30-19)25(12-15-3-2-8-27-15)21(26)14-4-6-17-18(11-14)29-10-9-28-17/h4-7,11,15H,2-3,8-10,12H2,1H3. The molecule has 0 radical (unpaired) electrons. The van der Waals surface area contributed by atoms with Crippen molar-refractivity contribution >= 4 is 44.2 Å². The number of fused-ring (bicyclic) bond motifs is 2. The molecule has 2 aliphatic heterocycles. The summed E-state index contributed by atoms with van der Waals surface area (Å²) in [5.41, 5.74) is 2.28. The number of rotatable bonds is 4. The minimum atomic E-state index is -0.134. The molecule has 6 nitrogen and oxygen atoms in total. The lowest BCUT2D eigenvalue weighted by molar-refractivity contribution is 0.0916. The number of thiazole rings is 1. The second-order valence-corrected chi connectivity index (χ2v) is 8.84. The van der Waals surface area contributed by atoms with Gasteiger partial charge in [-0.15, -0.1) is 0 Å². The highest BCUT2D eigenvalue weighted by molar-refractivity contribution is 7.22. The summed E-state index contributed by atoms with van der Waals surface area (Å²) < 4.78 is 18.1. The van der Waals surface area contributed by atoms with Gasteiger partial charge in [0, 0.05) is 17.2 Å². The van der Waals surface area contributed by atoms with E-state index in [1.165, 1.54) is 11.3 Å². The molecular weight excluding hydrogens is 424 g/mol. The Balaban J connectivity index is 1.53. The van der Waals surface area contributed by atoms with Crippen molar-refractivity contribution < 1.29 is 19.0 Å². The number of hydrogen-bond acceptors (Lipinski definition) is 6. The fraction of sp³-hybridized carbons (Fsp3) is 0.364. The van der Waals surface area contributed by atoms with Crippen LogP contribution in [0, 0.1) is 6.92 Å². The van der Waals surface area contributed by atoms with Gasteiger partial charge in [-0.1, -0.05) is 22.9 Å². The number of anilines is 1. The van der Waals surface area contributed by atoms with Gasteiger partial charge in [0.1, 0.15) is 13.2 Å². The molecule has 0 bridgehead atoms. The third-order valence-electron chi connectivity index (χ3n) is 5.41. The third kappa shape index (κ3) is 3.62. The quantitative estimate of drug-likeness (QED) is 0.575. The van der Waals surface area contributed by atoms with E-state index in [0.29, 0.717) is 47.0 Å². The van der Waals surface area contributed by atoms with E-state index < -0.39 is 0 Å². The van der Waals surface area contributed by atoms with Gasteiger partial charge in [0.2, 0.25) is 0 Å². The van der Waals surface area contributed by atoms with E-state index in [-0.39, 0.29) is 12.0 Å². The highest BCUT2D eigenvalue weighted by Crippen LogP contribution is 2.36. The minimum Gasteiger partial charge on any atom is -0.486 e. The average Bonchev–Trinajstić information content (AvgIpc) is 3.44. The summed E-state index contributed by atoms with van der Waals surface area (Å²) in [6.45, 7) is 4.12. The Morgan fingerprint density at radius 1 is 1.20 bits per heavy atom. The summed E-state index contributed by atoms with van der Waals surface area (Å²) in [5.74, 6) is 1.12. The summed E-state index contributed by atoms with van der Waals surface area (Å²) >= 11 is 7.77. The van der Waals surface area contributed by atoms with E-state index in [1.807, 2.05) is 19.1 Å². The number of ether oxygens (including phenoxy) is 3. The Bertz CT molecular complexity index is 1110. The second-order valence-electron chi connectivity index (χ2n) is 7.42. The highest BCUT2D eigenvalue weighted by atomic mass is 35.5. The Morgan fingerprint density at radius 2 is 2.03 bits per heavy atom. The fourth-order valence-electron chi connectivity index (χ4n) is 3.78. The topological polar surface area (TPSA) is 60.9 Å². The molecule has 2 aliphatic rings. The summed E-state index contributed by atoms with van der Waals surface area (Å²) in [5, 5.41) is 1.31. The van der Waals surface area contributed by atoms with Crippen LogP contribution in [0.25, 0.3) is 10.2 Å². The highest BCUT2D eigenvalue weighted by Gasteiger charge is 2.28. The van der Waals surface area contributed by atoms with E-state index in [0.717, 1.165) is 35.2 Å². The molecule has 0 spiro atoms. The van der Waals surface area contributed by atoms with Crippen molar-refractivity contribution in [3.8, 4) is 11.5 Å². The van der Waals surface area contributed by atoms with Gasteiger partial charge in [-0.3, -0.25) is 9.69 Å². The molecule has 8 heteroatoms. The zero-order valence-electron chi connectivity index (χ0n) is 16.5. The first-order valence-corrected chi connectivity index (χ1v) is 11.2. The Morgan fingerprint density at radius 3 is 2.83 bits per heavy atom. The number of benzene rings is 2. The average molecular weight is 445 g/mol. The zero-order valence-corrected chi connectivity index (χ0v) is 18.1. The molecule has 0 saturated carbocycles. The van der Waals surface area contributed by atoms with Crippen LogP contribution < -0.4 is 14.4 Å². The van der Waals surface area contributed by atoms with E-state index >= 15 is 0 Å². The van der Waals surface area contributed by atoms with Crippen molar-refractivity contribution in [2.24, 2.45) is 0 Å². The monoisotopic (exact) mass is 444 g/mol. The number of carbonyl (C=O) groups excluding carboxylic acids is 1. The third-order valence-corrected chi connectivity index (χ3v) is 6.87. The normalized spacial score (nSPS) is 18.0. The first-order chi connectivity index (χ1) is 14.6. The van der Waals surface area contributed by atoms with Gasteiger partial charge < -0.3 is 14.2 Å². The van der Waals surface area contributed by atoms with Crippen LogP contribution in [0.1, 0.15) is 28.8 Å². The molecule has 30 heavy (non-hydrogen) atoms.